The van der Waals surface area contributed by atoms with Crippen LogP contribution in [0.2, 0.25) is 0 Å². The van der Waals surface area contributed by atoms with Gasteiger partial charge in [-0.15, -0.1) is 12.4 Å². The highest BCUT2D eigenvalue weighted by Gasteiger charge is 2.22. The zero-order chi connectivity index (χ0) is 12.3. The highest BCUT2D eigenvalue weighted by Crippen LogP contribution is 2.23. The molecule has 1 fully saturated rings. The number of aliphatic hydroxyl groups excluding tert-OH is 1. The molecule has 0 saturated heterocycles. The van der Waals surface area contributed by atoms with Crippen LogP contribution in [0.4, 0.5) is 0 Å². The van der Waals surface area contributed by atoms with Crippen LogP contribution >= 0.6 is 12.4 Å². The second-order valence-corrected chi connectivity index (χ2v) is 5.04. The Morgan fingerprint density at radius 3 is 2.22 bits per heavy atom. The fourth-order valence-corrected chi connectivity index (χ4v) is 2.52. The van der Waals surface area contributed by atoms with Crippen molar-refractivity contribution in [2.75, 3.05) is 7.05 Å². The van der Waals surface area contributed by atoms with E-state index in [-0.39, 0.29) is 18.5 Å². The molecule has 0 aromatic heterocycles. The fourth-order valence-electron chi connectivity index (χ4n) is 2.52. The van der Waals surface area contributed by atoms with E-state index in [2.05, 4.69) is 11.9 Å². The fraction of sp³-hybridized carbons (Fsp3) is 0.571. The summed E-state index contributed by atoms with van der Waals surface area (Å²) in [5.74, 6) is 0.317. The largest absolute Gasteiger partial charge is 0.508 e. The van der Waals surface area contributed by atoms with Crippen molar-refractivity contribution in [1.29, 1.82) is 0 Å². The standard InChI is InChI=1S/C14H21NO2.ClH/c1-15(12-4-8-14(17)9-5-12)10-11-2-6-13(16)7-3-11;/h2-3,6-7,12,14,16-17H,4-5,8-10H2,1H3;1H. The smallest absolute Gasteiger partial charge is 0.115 e. The second-order valence-electron chi connectivity index (χ2n) is 5.04. The number of rotatable bonds is 3. The maximum absolute atomic E-state index is 9.48. The molecule has 0 radical (unpaired) electrons. The first-order valence-electron chi connectivity index (χ1n) is 6.31. The molecule has 4 heteroatoms. The van der Waals surface area contributed by atoms with Gasteiger partial charge in [0.25, 0.3) is 0 Å². The topological polar surface area (TPSA) is 43.7 Å². The molecule has 2 rings (SSSR count). The molecule has 1 aliphatic carbocycles. The first-order valence-corrected chi connectivity index (χ1v) is 6.31. The average molecular weight is 272 g/mol. The van der Waals surface area contributed by atoms with E-state index in [0.717, 1.165) is 32.2 Å². The monoisotopic (exact) mass is 271 g/mol. The molecule has 1 saturated carbocycles. The van der Waals surface area contributed by atoms with Crippen LogP contribution < -0.4 is 0 Å². The maximum atomic E-state index is 9.48. The Balaban J connectivity index is 0.00000162. The number of hydrogen-bond donors (Lipinski definition) is 2. The van der Waals surface area contributed by atoms with Crippen molar-refractivity contribution in [3.63, 3.8) is 0 Å². The third kappa shape index (κ3) is 4.16. The van der Waals surface area contributed by atoms with E-state index in [4.69, 9.17) is 0 Å². The zero-order valence-electron chi connectivity index (χ0n) is 10.7. The second kappa shape index (κ2) is 6.98. The van der Waals surface area contributed by atoms with E-state index in [1.807, 2.05) is 12.1 Å². The van der Waals surface area contributed by atoms with Crippen LogP contribution in [0.5, 0.6) is 5.75 Å². The maximum Gasteiger partial charge on any atom is 0.115 e. The number of hydrogen-bond acceptors (Lipinski definition) is 3. The van der Waals surface area contributed by atoms with Crippen molar-refractivity contribution in [2.45, 2.75) is 44.4 Å². The number of benzene rings is 1. The van der Waals surface area contributed by atoms with Crippen LogP contribution in [-0.2, 0) is 6.54 Å². The molecular weight excluding hydrogens is 250 g/mol. The number of nitrogens with zero attached hydrogens (tertiary/aromatic N) is 1. The third-order valence-corrected chi connectivity index (χ3v) is 3.66. The Kier molecular flexibility index (Phi) is 5.93. The summed E-state index contributed by atoms with van der Waals surface area (Å²) in [5.41, 5.74) is 1.22. The van der Waals surface area contributed by atoms with Gasteiger partial charge in [0.05, 0.1) is 6.10 Å². The normalized spacial score (nSPS) is 23.7. The van der Waals surface area contributed by atoms with E-state index in [9.17, 15) is 10.2 Å². The molecular formula is C14H22ClNO2. The molecule has 0 heterocycles. The molecule has 1 aliphatic rings. The van der Waals surface area contributed by atoms with Gasteiger partial charge < -0.3 is 10.2 Å². The van der Waals surface area contributed by atoms with Gasteiger partial charge in [0.1, 0.15) is 5.75 Å². The van der Waals surface area contributed by atoms with Crippen molar-refractivity contribution in [3.05, 3.63) is 29.8 Å². The number of aromatic hydroxyl groups is 1. The molecule has 1 aromatic carbocycles. The highest BCUT2D eigenvalue weighted by atomic mass is 35.5. The molecule has 0 bridgehead atoms. The van der Waals surface area contributed by atoms with Gasteiger partial charge >= 0.3 is 0 Å². The van der Waals surface area contributed by atoms with Crippen molar-refractivity contribution in [2.24, 2.45) is 0 Å². The Bertz CT molecular complexity index is 347. The first kappa shape index (κ1) is 15.3. The van der Waals surface area contributed by atoms with Gasteiger partial charge in [-0.3, -0.25) is 4.90 Å². The van der Waals surface area contributed by atoms with Gasteiger partial charge in [-0.25, -0.2) is 0 Å². The summed E-state index contributed by atoms with van der Waals surface area (Å²) in [6.45, 7) is 0.904. The SMILES string of the molecule is CN(Cc1ccc(O)cc1)C1CCC(O)CC1.Cl. The lowest BCUT2D eigenvalue weighted by atomic mass is 9.92. The lowest BCUT2D eigenvalue weighted by molar-refractivity contribution is 0.0818. The Morgan fingerprint density at radius 1 is 1.11 bits per heavy atom. The predicted octanol–water partition coefficient (Wildman–Crippen LogP) is 2.55. The van der Waals surface area contributed by atoms with Gasteiger partial charge in [0, 0.05) is 12.6 Å². The molecule has 18 heavy (non-hydrogen) atoms. The summed E-state index contributed by atoms with van der Waals surface area (Å²) in [7, 11) is 2.13. The molecule has 0 amide bonds. The quantitative estimate of drug-likeness (QED) is 0.888. The number of halogens is 1. The van der Waals surface area contributed by atoms with E-state index in [0.29, 0.717) is 11.8 Å². The van der Waals surface area contributed by atoms with Gasteiger partial charge in [-0.05, 0) is 50.4 Å². The Labute approximate surface area is 115 Å². The van der Waals surface area contributed by atoms with Crippen LogP contribution in [0.15, 0.2) is 24.3 Å². The summed E-state index contributed by atoms with van der Waals surface area (Å²) in [4.78, 5) is 2.35. The van der Waals surface area contributed by atoms with Gasteiger partial charge in [0.15, 0.2) is 0 Å². The average Bonchev–Trinajstić information content (AvgIpc) is 2.33. The van der Waals surface area contributed by atoms with Crippen LogP contribution in [0, 0.1) is 0 Å². The molecule has 0 atom stereocenters. The molecule has 102 valence electrons. The highest BCUT2D eigenvalue weighted by molar-refractivity contribution is 5.85. The lowest BCUT2D eigenvalue weighted by Crippen LogP contribution is -2.35. The Morgan fingerprint density at radius 2 is 1.67 bits per heavy atom. The minimum absolute atomic E-state index is 0. The summed E-state index contributed by atoms with van der Waals surface area (Å²) < 4.78 is 0. The van der Waals surface area contributed by atoms with Crippen LogP contribution in [0.25, 0.3) is 0 Å². The minimum atomic E-state index is -0.0895. The van der Waals surface area contributed by atoms with E-state index in [1.54, 1.807) is 12.1 Å². The first-order chi connectivity index (χ1) is 8.15. The van der Waals surface area contributed by atoms with Crippen molar-refractivity contribution in [3.8, 4) is 5.75 Å². The molecule has 2 N–H and O–H groups in total. The van der Waals surface area contributed by atoms with Crippen LogP contribution in [0.3, 0.4) is 0 Å². The summed E-state index contributed by atoms with van der Waals surface area (Å²) in [6, 6.07) is 7.96. The van der Waals surface area contributed by atoms with Crippen molar-refractivity contribution < 1.29 is 10.2 Å². The van der Waals surface area contributed by atoms with E-state index >= 15 is 0 Å². The van der Waals surface area contributed by atoms with Gasteiger partial charge in [-0.2, -0.15) is 0 Å². The Hall–Kier alpha value is -0.770. The predicted molar refractivity (Wildman–Crippen MR) is 75.1 cm³/mol. The molecule has 1 aromatic rings. The van der Waals surface area contributed by atoms with Crippen LogP contribution in [0.1, 0.15) is 31.2 Å². The number of phenolic OH excluding ortho intramolecular Hbond substituents is 1. The van der Waals surface area contributed by atoms with Crippen LogP contribution in [-0.4, -0.2) is 34.3 Å². The molecule has 3 nitrogen and oxygen atoms in total. The minimum Gasteiger partial charge on any atom is -0.508 e. The molecule has 0 aliphatic heterocycles. The van der Waals surface area contributed by atoms with E-state index in [1.165, 1.54) is 5.56 Å². The summed E-state index contributed by atoms with van der Waals surface area (Å²) >= 11 is 0. The summed E-state index contributed by atoms with van der Waals surface area (Å²) in [5, 5.41) is 18.7. The van der Waals surface area contributed by atoms with Gasteiger partial charge in [-0.1, -0.05) is 12.1 Å². The number of aliphatic hydroxyl groups is 1. The molecule has 0 unspecified atom stereocenters. The number of phenols is 1. The lowest BCUT2D eigenvalue weighted by Gasteiger charge is -2.33. The molecule has 0 spiro atoms. The zero-order valence-corrected chi connectivity index (χ0v) is 11.6. The summed E-state index contributed by atoms with van der Waals surface area (Å²) in [6.07, 6.45) is 3.91. The third-order valence-electron chi connectivity index (χ3n) is 3.66. The van der Waals surface area contributed by atoms with Crippen molar-refractivity contribution in [1.82, 2.24) is 4.90 Å². The van der Waals surface area contributed by atoms with Crippen molar-refractivity contribution >= 4 is 12.4 Å². The van der Waals surface area contributed by atoms with E-state index < -0.39 is 0 Å². The van der Waals surface area contributed by atoms with Gasteiger partial charge in [0.2, 0.25) is 0 Å².